The molecule has 1 fully saturated rings. The number of piperazine rings is 1. The molecule has 0 unspecified atom stereocenters. The Hall–Kier alpha value is -2.98. The van der Waals surface area contributed by atoms with Gasteiger partial charge in [-0.1, -0.05) is 69.7 Å². The molecule has 0 radical (unpaired) electrons. The van der Waals surface area contributed by atoms with Crippen molar-refractivity contribution in [3.05, 3.63) is 93.5 Å². The van der Waals surface area contributed by atoms with E-state index in [-0.39, 0.29) is 11.9 Å². The van der Waals surface area contributed by atoms with Crippen LogP contribution >= 0.6 is 27.3 Å². The largest absolute Gasteiger partial charge is 0.492 e. The zero-order valence-electron chi connectivity index (χ0n) is 18.9. The SMILES string of the molecule is Oc1c([C@@H](c2cccc(Br)c2)N2CCN(Cc3ccccc3)CC2)sc2nc(-c3ccco3)nn12. The van der Waals surface area contributed by atoms with Gasteiger partial charge in [-0.25, -0.2) is 0 Å². The third kappa shape index (κ3) is 4.52. The van der Waals surface area contributed by atoms with E-state index < -0.39 is 0 Å². The highest BCUT2D eigenvalue weighted by Crippen LogP contribution is 2.41. The average Bonchev–Trinajstić information content (AvgIpc) is 3.60. The van der Waals surface area contributed by atoms with Crippen LogP contribution < -0.4 is 0 Å². The smallest absolute Gasteiger partial charge is 0.230 e. The monoisotopic (exact) mass is 549 g/mol. The summed E-state index contributed by atoms with van der Waals surface area (Å²) >= 11 is 5.10. The van der Waals surface area contributed by atoms with Gasteiger partial charge in [0.1, 0.15) is 0 Å². The second-order valence-electron chi connectivity index (χ2n) is 8.65. The van der Waals surface area contributed by atoms with Crippen molar-refractivity contribution >= 4 is 32.2 Å². The number of aromatic hydroxyl groups is 1. The fourth-order valence-corrected chi connectivity index (χ4v) is 6.20. The molecule has 9 heteroatoms. The summed E-state index contributed by atoms with van der Waals surface area (Å²) < 4.78 is 7.97. The molecular formula is C26H24BrN5O2S. The van der Waals surface area contributed by atoms with Crippen molar-refractivity contribution in [3.8, 4) is 17.5 Å². The Morgan fingerprint density at radius 1 is 1.00 bits per heavy atom. The summed E-state index contributed by atoms with van der Waals surface area (Å²) in [5.41, 5.74) is 2.46. The maximum Gasteiger partial charge on any atom is 0.230 e. The first-order chi connectivity index (χ1) is 17.2. The predicted octanol–water partition coefficient (Wildman–Crippen LogP) is 5.43. The molecular weight excluding hydrogens is 526 g/mol. The van der Waals surface area contributed by atoms with E-state index >= 15 is 0 Å². The molecule has 1 N–H and O–H groups in total. The average molecular weight is 550 g/mol. The molecule has 35 heavy (non-hydrogen) atoms. The third-order valence-corrected chi connectivity index (χ3v) is 7.94. The van der Waals surface area contributed by atoms with Crippen molar-refractivity contribution in [2.45, 2.75) is 12.6 Å². The second-order valence-corrected chi connectivity index (χ2v) is 10.6. The fourth-order valence-electron chi connectivity index (χ4n) is 4.66. The van der Waals surface area contributed by atoms with Gasteiger partial charge in [-0.3, -0.25) is 9.80 Å². The predicted molar refractivity (Wildman–Crippen MR) is 140 cm³/mol. The number of hydrogen-bond donors (Lipinski definition) is 1. The molecule has 0 spiro atoms. The lowest BCUT2D eigenvalue weighted by molar-refractivity contribution is 0.105. The summed E-state index contributed by atoms with van der Waals surface area (Å²) in [7, 11) is 0. The minimum absolute atomic E-state index is 0.0908. The minimum Gasteiger partial charge on any atom is -0.492 e. The Morgan fingerprint density at radius 2 is 1.83 bits per heavy atom. The van der Waals surface area contributed by atoms with Crippen LogP contribution in [0.2, 0.25) is 0 Å². The first-order valence-corrected chi connectivity index (χ1v) is 13.1. The molecule has 6 rings (SSSR count). The van der Waals surface area contributed by atoms with E-state index in [2.05, 4.69) is 78.3 Å². The van der Waals surface area contributed by atoms with E-state index in [1.165, 1.54) is 21.4 Å². The molecule has 2 aromatic carbocycles. The van der Waals surface area contributed by atoms with E-state index in [9.17, 15) is 5.11 Å². The number of aromatic nitrogens is 3. The number of furan rings is 1. The van der Waals surface area contributed by atoms with Crippen LogP contribution in [0.25, 0.3) is 16.5 Å². The molecule has 0 aliphatic carbocycles. The van der Waals surface area contributed by atoms with Crippen molar-refractivity contribution in [2.24, 2.45) is 0 Å². The van der Waals surface area contributed by atoms with E-state index in [0.29, 0.717) is 16.5 Å². The number of halogens is 1. The van der Waals surface area contributed by atoms with Gasteiger partial charge in [0, 0.05) is 37.2 Å². The van der Waals surface area contributed by atoms with Gasteiger partial charge in [0.2, 0.25) is 16.7 Å². The van der Waals surface area contributed by atoms with E-state index in [1.807, 2.05) is 18.2 Å². The molecule has 1 saturated heterocycles. The number of fused-ring (bicyclic) bond motifs is 1. The van der Waals surface area contributed by atoms with E-state index in [0.717, 1.165) is 47.6 Å². The molecule has 7 nitrogen and oxygen atoms in total. The minimum atomic E-state index is -0.0908. The van der Waals surface area contributed by atoms with E-state index in [4.69, 9.17) is 4.42 Å². The van der Waals surface area contributed by atoms with Gasteiger partial charge in [0.05, 0.1) is 17.2 Å². The quantitative estimate of drug-likeness (QED) is 0.304. The molecule has 0 amide bonds. The van der Waals surface area contributed by atoms with Gasteiger partial charge in [0.25, 0.3) is 0 Å². The highest BCUT2D eigenvalue weighted by Gasteiger charge is 2.32. The lowest BCUT2D eigenvalue weighted by atomic mass is 10.0. The summed E-state index contributed by atoms with van der Waals surface area (Å²) in [4.78, 5) is 11.0. The fraction of sp³-hybridized carbons (Fsp3) is 0.231. The summed E-state index contributed by atoms with van der Waals surface area (Å²) in [5.74, 6) is 1.18. The molecule has 0 bridgehead atoms. The van der Waals surface area contributed by atoms with Crippen molar-refractivity contribution in [1.29, 1.82) is 0 Å². The molecule has 178 valence electrons. The zero-order valence-corrected chi connectivity index (χ0v) is 21.3. The summed E-state index contributed by atoms with van der Waals surface area (Å²) in [5, 5.41) is 15.8. The number of thiazole rings is 1. The molecule has 1 aliphatic rings. The highest BCUT2D eigenvalue weighted by atomic mass is 79.9. The first-order valence-electron chi connectivity index (χ1n) is 11.5. The Kier molecular flexibility index (Phi) is 6.15. The molecule has 3 aromatic heterocycles. The molecule has 1 aliphatic heterocycles. The molecule has 0 saturated carbocycles. The summed E-state index contributed by atoms with van der Waals surface area (Å²) in [6.07, 6.45) is 1.59. The molecule has 1 atom stereocenters. The number of rotatable bonds is 6. The van der Waals surface area contributed by atoms with Gasteiger partial charge in [-0.05, 0) is 35.4 Å². The Bertz CT molecular complexity index is 1430. The first kappa shape index (κ1) is 22.5. The van der Waals surface area contributed by atoms with Crippen molar-refractivity contribution in [1.82, 2.24) is 24.4 Å². The van der Waals surface area contributed by atoms with Crippen LogP contribution in [0, 0.1) is 0 Å². The van der Waals surface area contributed by atoms with Crippen LogP contribution in [0.15, 0.2) is 81.9 Å². The highest BCUT2D eigenvalue weighted by molar-refractivity contribution is 9.10. The maximum atomic E-state index is 11.3. The Balaban J connectivity index is 1.30. The number of nitrogens with zero attached hydrogens (tertiary/aromatic N) is 5. The van der Waals surface area contributed by atoms with Crippen molar-refractivity contribution < 1.29 is 9.52 Å². The Morgan fingerprint density at radius 3 is 2.54 bits per heavy atom. The van der Waals surface area contributed by atoms with Crippen LogP contribution in [0.3, 0.4) is 0 Å². The third-order valence-electron chi connectivity index (χ3n) is 6.38. The van der Waals surface area contributed by atoms with Crippen LogP contribution in [0.5, 0.6) is 5.88 Å². The van der Waals surface area contributed by atoms with Crippen molar-refractivity contribution in [3.63, 3.8) is 0 Å². The van der Waals surface area contributed by atoms with Gasteiger partial charge < -0.3 is 9.52 Å². The van der Waals surface area contributed by atoms with Crippen LogP contribution in [0.1, 0.15) is 22.0 Å². The number of hydrogen-bond acceptors (Lipinski definition) is 7. The summed E-state index contributed by atoms with van der Waals surface area (Å²) in [6.45, 7) is 4.67. The normalized spacial score (nSPS) is 16.1. The van der Waals surface area contributed by atoms with Crippen LogP contribution in [-0.2, 0) is 6.54 Å². The van der Waals surface area contributed by atoms with Crippen LogP contribution in [-0.4, -0.2) is 55.7 Å². The van der Waals surface area contributed by atoms with Gasteiger partial charge in [-0.2, -0.15) is 9.50 Å². The zero-order chi connectivity index (χ0) is 23.8. The van der Waals surface area contributed by atoms with Gasteiger partial charge in [-0.15, -0.1) is 5.10 Å². The van der Waals surface area contributed by atoms with E-state index in [1.54, 1.807) is 12.3 Å². The molecule has 4 heterocycles. The number of benzene rings is 2. The van der Waals surface area contributed by atoms with Crippen LogP contribution in [0.4, 0.5) is 0 Å². The standard InChI is InChI=1S/C26H24BrN5O2S/c27-20-9-4-8-19(16-20)22(31-13-11-30(12-14-31)17-18-6-2-1-3-7-18)23-25(33)32-26(35-23)28-24(29-32)21-10-5-15-34-21/h1-10,15-16,22,33H,11-14,17H2/t22-/m1/s1. The maximum absolute atomic E-state index is 11.3. The lowest BCUT2D eigenvalue weighted by Crippen LogP contribution is -2.47. The van der Waals surface area contributed by atoms with Crippen molar-refractivity contribution in [2.75, 3.05) is 26.2 Å². The van der Waals surface area contributed by atoms with Gasteiger partial charge in [0.15, 0.2) is 5.76 Å². The Labute approximate surface area is 215 Å². The lowest BCUT2D eigenvalue weighted by Gasteiger charge is -2.39. The summed E-state index contributed by atoms with van der Waals surface area (Å²) in [6, 6.07) is 22.4. The molecule has 5 aromatic rings. The topological polar surface area (TPSA) is 70.0 Å². The van der Waals surface area contributed by atoms with Gasteiger partial charge >= 0.3 is 0 Å². The second kappa shape index (κ2) is 9.58.